The molecule has 1 aliphatic rings. The molecule has 23 heavy (non-hydrogen) atoms. The number of benzene rings is 2. The molecule has 0 spiro atoms. The highest BCUT2D eigenvalue weighted by Gasteiger charge is 2.31. The Morgan fingerprint density at radius 3 is 2.70 bits per heavy atom. The predicted molar refractivity (Wildman–Crippen MR) is 90.5 cm³/mol. The zero-order valence-corrected chi connectivity index (χ0v) is 13.4. The summed E-state index contributed by atoms with van der Waals surface area (Å²) in [5.41, 5.74) is 2.64. The monoisotopic (exact) mass is 313 g/mol. The molecule has 1 fully saturated rings. The van der Waals surface area contributed by atoms with Crippen LogP contribution in [0.4, 0.5) is 0 Å². The quantitative estimate of drug-likeness (QED) is 0.861. The van der Waals surface area contributed by atoms with Gasteiger partial charge in [-0.2, -0.15) is 0 Å². The molecule has 3 rings (SSSR count). The van der Waals surface area contributed by atoms with Crippen molar-refractivity contribution >= 4 is 0 Å². The summed E-state index contributed by atoms with van der Waals surface area (Å²) >= 11 is 0. The summed E-state index contributed by atoms with van der Waals surface area (Å²) in [7, 11) is 1.69. The minimum absolute atomic E-state index is 0.407. The van der Waals surface area contributed by atoms with Gasteiger partial charge >= 0.3 is 0 Å². The standard InChI is InChI=1S/C19H23NO3/c1-22-18-11-16(15-5-3-2-4-6-15)7-8-17(18)12-20-13-19(21)9-10-23-14-19/h2-8,11,20-21H,9-10,12-14H2,1H3. The smallest absolute Gasteiger partial charge is 0.123 e. The van der Waals surface area contributed by atoms with Crippen LogP contribution in [0, 0.1) is 0 Å². The van der Waals surface area contributed by atoms with Gasteiger partial charge in [-0.3, -0.25) is 0 Å². The number of ether oxygens (including phenoxy) is 2. The molecular formula is C19H23NO3. The van der Waals surface area contributed by atoms with Gasteiger partial charge in [-0.1, -0.05) is 42.5 Å². The van der Waals surface area contributed by atoms with E-state index in [2.05, 4.69) is 35.6 Å². The van der Waals surface area contributed by atoms with Gasteiger partial charge in [0.1, 0.15) is 11.4 Å². The molecule has 1 aliphatic heterocycles. The van der Waals surface area contributed by atoms with Crippen molar-refractivity contribution in [3.05, 3.63) is 54.1 Å². The van der Waals surface area contributed by atoms with E-state index in [9.17, 15) is 5.11 Å². The first-order chi connectivity index (χ1) is 11.2. The normalized spacial score (nSPS) is 20.6. The minimum atomic E-state index is -0.739. The van der Waals surface area contributed by atoms with Crippen molar-refractivity contribution in [2.45, 2.75) is 18.6 Å². The molecule has 4 heteroatoms. The molecule has 1 heterocycles. The second-order valence-electron chi connectivity index (χ2n) is 6.02. The molecule has 0 saturated carbocycles. The highest BCUT2D eigenvalue weighted by Crippen LogP contribution is 2.27. The number of nitrogens with one attached hydrogen (secondary N) is 1. The summed E-state index contributed by atoms with van der Waals surface area (Å²) < 4.78 is 10.8. The summed E-state index contributed by atoms with van der Waals surface area (Å²) in [6, 6.07) is 16.5. The first kappa shape index (κ1) is 16.0. The maximum Gasteiger partial charge on any atom is 0.123 e. The molecule has 2 aromatic rings. The van der Waals surface area contributed by atoms with Crippen molar-refractivity contribution in [1.82, 2.24) is 5.32 Å². The fraction of sp³-hybridized carbons (Fsp3) is 0.368. The molecule has 4 nitrogen and oxygen atoms in total. The van der Waals surface area contributed by atoms with Gasteiger partial charge in [0, 0.05) is 31.7 Å². The number of hydrogen-bond donors (Lipinski definition) is 2. The molecule has 0 radical (unpaired) electrons. The fourth-order valence-corrected chi connectivity index (χ4v) is 2.87. The second-order valence-corrected chi connectivity index (χ2v) is 6.02. The minimum Gasteiger partial charge on any atom is -0.496 e. The van der Waals surface area contributed by atoms with Crippen LogP contribution in [0.1, 0.15) is 12.0 Å². The summed E-state index contributed by atoms with van der Waals surface area (Å²) in [6.45, 7) is 2.22. The number of hydrogen-bond acceptors (Lipinski definition) is 4. The Balaban J connectivity index is 1.67. The lowest BCUT2D eigenvalue weighted by Crippen LogP contribution is -2.40. The summed E-state index contributed by atoms with van der Waals surface area (Å²) in [4.78, 5) is 0. The number of aliphatic hydroxyl groups is 1. The lowest BCUT2D eigenvalue weighted by molar-refractivity contribution is 0.0268. The highest BCUT2D eigenvalue weighted by molar-refractivity contribution is 5.66. The number of methoxy groups -OCH3 is 1. The average molecular weight is 313 g/mol. The van der Waals surface area contributed by atoms with Crippen LogP contribution in [0.2, 0.25) is 0 Å². The lowest BCUT2D eigenvalue weighted by Gasteiger charge is -2.21. The Kier molecular flexibility index (Phi) is 4.96. The van der Waals surface area contributed by atoms with Crippen molar-refractivity contribution < 1.29 is 14.6 Å². The zero-order valence-electron chi connectivity index (χ0n) is 13.4. The Labute approximate surface area is 137 Å². The van der Waals surface area contributed by atoms with Crippen LogP contribution in [0.3, 0.4) is 0 Å². The van der Waals surface area contributed by atoms with Crippen molar-refractivity contribution in [3.63, 3.8) is 0 Å². The maximum atomic E-state index is 10.3. The van der Waals surface area contributed by atoms with Crippen molar-refractivity contribution in [2.75, 3.05) is 26.9 Å². The third kappa shape index (κ3) is 3.91. The van der Waals surface area contributed by atoms with E-state index in [0.717, 1.165) is 16.9 Å². The predicted octanol–water partition coefficient (Wildman–Crippen LogP) is 2.60. The van der Waals surface area contributed by atoms with E-state index >= 15 is 0 Å². The van der Waals surface area contributed by atoms with Crippen LogP contribution >= 0.6 is 0 Å². The molecule has 2 aromatic carbocycles. The van der Waals surface area contributed by atoms with Gasteiger partial charge in [-0.05, 0) is 17.2 Å². The summed E-state index contributed by atoms with van der Waals surface area (Å²) in [6.07, 6.45) is 0.685. The van der Waals surface area contributed by atoms with E-state index in [0.29, 0.717) is 32.7 Å². The van der Waals surface area contributed by atoms with Crippen molar-refractivity contribution in [2.24, 2.45) is 0 Å². The van der Waals surface area contributed by atoms with Gasteiger partial charge in [0.05, 0.1) is 13.7 Å². The molecule has 0 aliphatic carbocycles. The summed E-state index contributed by atoms with van der Waals surface area (Å²) in [5, 5.41) is 13.6. The molecule has 122 valence electrons. The van der Waals surface area contributed by atoms with Gasteiger partial charge in [0.25, 0.3) is 0 Å². The van der Waals surface area contributed by atoms with Crippen molar-refractivity contribution in [1.29, 1.82) is 0 Å². The van der Waals surface area contributed by atoms with E-state index in [-0.39, 0.29) is 0 Å². The first-order valence-electron chi connectivity index (χ1n) is 7.93. The molecule has 1 atom stereocenters. The van der Waals surface area contributed by atoms with E-state index in [1.807, 2.05) is 18.2 Å². The van der Waals surface area contributed by atoms with Crippen LogP contribution in [0.15, 0.2) is 48.5 Å². The largest absolute Gasteiger partial charge is 0.496 e. The topological polar surface area (TPSA) is 50.7 Å². The Bertz CT molecular complexity index is 636. The molecular weight excluding hydrogens is 290 g/mol. The van der Waals surface area contributed by atoms with E-state index in [1.54, 1.807) is 7.11 Å². The molecule has 1 saturated heterocycles. The Morgan fingerprint density at radius 2 is 2.00 bits per heavy atom. The highest BCUT2D eigenvalue weighted by atomic mass is 16.5. The average Bonchev–Trinajstić information content (AvgIpc) is 3.02. The number of rotatable bonds is 6. The molecule has 1 unspecified atom stereocenters. The lowest BCUT2D eigenvalue weighted by atomic mass is 10.0. The van der Waals surface area contributed by atoms with Gasteiger partial charge in [0.15, 0.2) is 0 Å². The van der Waals surface area contributed by atoms with Crippen LogP contribution in [0.25, 0.3) is 11.1 Å². The van der Waals surface area contributed by atoms with Gasteiger partial charge < -0.3 is 19.9 Å². The molecule has 2 N–H and O–H groups in total. The first-order valence-corrected chi connectivity index (χ1v) is 7.93. The van der Waals surface area contributed by atoms with Gasteiger partial charge in [0.2, 0.25) is 0 Å². The van der Waals surface area contributed by atoms with Crippen LogP contribution in [-0.2, 0) is 11.3 Å². The Morgan fingerprint density at radius 1 is 1.17 bits per heavy atom. The van der Waals surface area contributed by atoms with E-state index < -0.39 is 5.60 Å². The summed E-state index contributed by atoms with van der Waals surface area (Å²) in [5.74, 6) is 0.855. The third-order valence-corrected chi connectivity index (χ3v) is 4.25. The van der Waals surface area contributed by atoms with E-state index in [1.165, 1.54) is 5.56 Å². The van der Waals surface area contributed by atoms with Crippen LogP contribution in [-0.4, -0.2) is 37.6 Å². The van der Waals surface area contributed by atoms with Gasteiger partial charge in [-0.15, -0.1) is 0 Å². The third-order valence-electron chi connectivity index (χ3n) is 4.25. The van der Waals surface area contributed by atoms with Gasteiger partial charge in [-0.25, -0.2) is 0 Å². The van der Waals surface area contributed by atoms with Crippen LogP contribution < -0.4 is 10.1 Å². The molecule has 0 bridgehead atoms. The zero-order chi connectivity index (χ0) is 16.1. The SMILES string of the molecule is COc1cc(-c2ccccc2)ccc1CNCC1(O)CCOC1. The fourth-order valence-electron chi connectivity index (χ4n) is 2.87. The second kappa shape index (κ2) is 7.13. The van der Waals surface area contributed by atoms with Crippen LogP contribution in [0.5, 0.6) is 5.75 Å². The molecule has 0 aromatic heterocycles. The van der Waals surface area contributed by atoms with Crippen molar-refractivity contribution in [3.8, 4) is 16.9 Å². The maximum absolute atomic E-state index is 10.3. The Hall–Kier alpha value is -1.88. The van der Waals surface area contributed by atoms with E-state index in [4.69, 9.17) is 9.47 Å². The molecule has 0 amide bonds.